The van der Waals surface area contributed by atoms with Crippen molar-refractivity contribution in [1.82, 2.24) is 15.5 Å². The van der Waals surface area contributed by atoms with Crippen molar-refractivity contribution in [1.29, 1.82) is 0 Å². The van der Waals surface area contributed by atoms with Crippen molar-refractivity contribution in [2.45, 2.75) is 10.1 Å². The highest BCUT2D eigenvalue weighted by Crippen LogP contribution is 2.25. The van der Waals surface area contributed by atoms with Gasteiger partial charge >= 0.3 is 6.03 Å². The predicted octanol–water partition coefficient (Wildman–Crippen LogP) is 1.29. The van der Waals surface area contributed by atoms with Crippen LogP contribution in [0.3, 0.4) is 0 Å². The molecule has 1 aromatic heterocycles. The Kier molecular flexibility index (Phi) is 4.53. The van der Waals surface area contributed by atoms with Crippen molar-refractivity contribution in [3.8, 4) is 0 Å². The van der Waals surface area contributed by atoms with Crippen molar-refractivity contribution >= 4 is 32.3 Å². The van der Waals surface area contributed by atoms with Crippen LogP contribution in [0.15, 0.2) is 34.7 Å². The van der Waals surface area contributed by atoms with Crippen LogP contribution in [0, 0.1) is 0 Å². The molecule has 2 aromatic rings. The van der Waals surface area contributed by atoms with Gasteiger partial charge in [-0.25, -0.2) is 13.2 Å². The molecule has 1 heterocycles. The lowest BCUT2D eigenvalue weighted by molar-refractivity contribution is 0.249. The number of hydrogen-bond acceptors (Lipinski definition) is 6. The maximum absolute atomic E-state index is 12.3. The summed E-state index contributed by atoms with van der Waals surface area (Å²) in [4.78, 5) is 12.7. The fraction of sp³-hybridized carbons (Fsp3) is 0.250. The lowest BCUT2D eigenvalue weighted by Gasteiger charge is -2.11. The molecule has 1 N–H and O–H groups in total. The predicted molar refractivity (Wildman–Crippen MR) is 80.1 cm³/mol. The van der Waals surface area contributed by atoms with Crippen molar-refractivity contribution in [2.24, 2.45) is 0 Å². The number of sulfone groups is 1. The van der Waals surface area contributed by atoms with Crippen LogP contribution < -0.4 is 10.2 Å². The molecule has 1 aromatic carbocycles. The van der Waals surface area contributed by atoms with Crippen molar-refractivity contribution in [2.75, 3.05) is 19.0 Å². The van der Waals surface area contributed by atoms with Gasteiger partial charge in [0.1, 0.15) is 0 Å². The fourth-order valence-electron chi connectivity index (χ4n) is 1.57. The SMILES string of the molecule is CNC(=O)N(C)c1nnc(S(=O)(=O)Cc2ccccc2)s1. The summed E-state index contributed by atoms with van der Waals surface area (Å²) >= 11 is 0.866. The molecule has 0 saturated carbocycles. The zero-order valence-electron chi connectivity index (χ0n) is 11.5. The molecule has 0 aliphatic rings. The molecule has 2 amide bonds. The lowest BCUT2D eigenvalue weighted by atomic mass is 10.2. The van der Waals surface area contributed by atoms with E-state index >= 15 is 0 Å². The first-order valence-electron chi connectivity index (χ1n) is 5.99. The van der Waals surface area contributed by atoms with E-state index in [1.807, 2.05) is 6.07 Å². The minimum absolute atomic E-state index is 0.0999. The van der Waals surface area contributed by atoms with Crippen molar-refractivity contribution < 1.29 is 13.2 Å². The zero-order valence-corrected chi connectivity index (χ0v) is 13.1. The highest BCUT2D eigenvalue weighted by molar-refractivity contribution is 7.92. The van der Waals surface area contributed by atoms with Crippen LogP contribution in [0.25, 0.3) is 0 Å². The lowest BCUT2D eigenvalue weighted by Crippen LogP contribution is -2.34. The number of hydrogen-bond donors (Lipinski definition) is 1. The molecule has 0 aliphatic carbocycles. The fourth-order valence-corrected chi connectivity index (χ4v) is 3.94. The largest absolute Gasteiger partial charge is 0.341 e. The maximum Gasteiger partial charge on any atom is 0.323 e. The normalized spacial score (nSPS) is 11.1. The Balaban J connectivity index is 2.22. The Labute approximate surface area is 126 Å². The number of benzene rings is 1. The monoisotopic (exact) mass is 326 g/mol. The second-order valence-corrected chi connectivity index (χ2v) is 7.33. The molecule has 0 saturated heterocycles. The van der Waals surface area contributed by atoms with E-state index in [0.717, 1.165) is 11.3 Å². The summed E-state index contributed by atoms with van der Waals surface area (Å²) in [6, 6.07) is 8.44. The average molecular weight is 326 g/mol. The van der Waals surface area contributed by atoms with Gasteiger partial charge in [0.05, 0.1) is 5.75 Å². The van der Waals surface area contributed by atoms with Gasteiger partial charge < -0.3 is 5.32 Å². The van der Waals surface area contributed by atoms with E-state index < -0.39 is 15.9 Å². The molecule has 21 heavy (non-hydrogen) atoms. The molecule has 0 atom stereocenters. The van der Waals surface area contributed by atoms with Gasteiger partial charge in [-0.05, 0) is 5.56 Å². The summed E-state index contributed by atoms with van der Waals surface area (Å²) in [7, 11) is -0.600. The van der Waals surface area contributed by atoms with Gasteiger partial charge in [0.2, 0.25) is 19.3 Å². The average Bonchev–Trinajstić information content (AvgIpc) is 2.97. The van der Waals surface area contributed by atoms with Gasteiger partial charge in [-0.3, -0.25) is 4.90 Å². The quantitative estimate of drug-likeness (QED) is 0.855. The van der Waals surface area contributed by atoms with E-state index in [1.165, 1.54) is 19.0 Å². The van der Waals surface area contributed by atoms with E-state index in [1.54, 1.807) is 24.3 Å². The van der Waals surface area contributed by atoms with Crippen LogP contribution in [-0.4, -0.2) is 38.7 Å². The Bertz CT molecular complexity index is 728. The number of carbonyl (C=O) groups is 1. The second kappa shape index (κ2) is 6.19. The van der Waals surface area contributed by atoms with Crippen molar-refractivity contribution in [3.63, 3.8) is 0 Å². The molecule has 0 bridgehead atoms. The summed E-state index contributed by atoms with van der Waals surface area (Å²) in [5, 5.41) is 10.1. The Morgan fingerprint density at radius 3 is 2.57 bits per heavy atom. The van der Waals surface area contributed by atoms with Gasteiger partial charge in [0, 0.05) is 14.1 Å². The maximum atomic E-state index is 12.3. The molecule has 7 nitrogen and oxygen atoms in total. The molecule has 0 fully saturated rings. The molecule has 9 heteroatoms. The van der Waals surface area contributed by atoms with E-state index in [0.29, 0.717) is 5.56 Å². The van der Waals surface area contributed by atoms with E-state index in [-0.39, 0.29) is 15.2 Å². The number of amides is 2. The Morgan fingerprint density at radius 1 is 1.29 bits per heavy atom. The third-order valence-electron chi connectivity index (χ3n) is 2.67. The molecule has 112 valence electrons. The van der Waals surface area contributed by atoms with Crippen LogP contribution in [0.2, 0.25) is 0 Å². The molecule has 0 spiro atoms. The highest BCUT2D eigenvalue weighted by atomic mass is 32.2. The number of urea groups is 1. The standard InChI is InChI=1S/C12H14N4O3S2/c1-13-10(17)16(2)11-14-15-12(20-11)21(18,19)8-9-6-4-3-5-7-9/h3-7H,8H2,1-2H3,(H,13,17). The molecular formula is C12H14N4O3S2. The number of carbonyl (C=O) groups excluding carboxylic acids is 1. The molecule has 0 unspecified atom stereocenters. The van der Waals surface area contributed by atoms with Gasteiger partial charge in [0.15, 0.2) is 0 Å². The third kappa shape index (κ3) is 3.56. The number of nitrogens with zero attached hydrogens (tertiary/aromatic N) is 3. The first-order chi connectivity index (χ1) is 9.94. The topological polar surface area (TPSA) is 92.3 Å². The number of aromatic nitrogens is 2. The van der Waals surface area contributed by atoms with E-state index in [4.69, 9.17) is 0 Å². The van der Waals surface area contributed by atoms with E-state index in [2.05, 4.69) is 15.5 Å². The van der Waals surface area contributed by atoms with Crippen LogP contribution in [0.1, 0.15) is 5.56 Å². The number of nitrogens with one attached hydrogen (secondary N) is 1. The first-order valence-corrected chi connectivity index (χ1v) is 8.46. The summed E-state index contributed by atoms with van der Waals surface area (Å²) in [5.74, 6) is -0.147. The van der Waals surface area contributed by atoms with Crippen molar-refractivity contribution in [3.05, 3.63) is 35.9 Å². The van der Waals surface area contributed by atoms with Gasteiger partial charge in [-0.15, -0.1) is 10.2 Å². The van der Waals surface area contributed by atoms with Crippen LogP contribution in [0.5, 0.6) is 0 Å². The molecule has 2 rings (SSSR count). The van der Waals surface area contributed by atoms with Gasteiger partial charge in [0.25, 0.3) is 0 Å². The van der Waals surface area contributed by atoms with Gasteiger partial charge in [-0.2, -0.15) is 0 Å². The second-order valence-electron chi connectivity index (χ2n) is 4.21. The number of rotatable bonds is 4. The number of anilines is 1. The Morgan fingerprint density at radius 2 is 1.95 bits per heavy atom. The van der Waals surface area contributed by atoms with Crippen LogP contribution in [0.4, 0.5) is 9.93 Å². The summed E-state index contributed by atoms with van der Waals surface area (Å²) < 4.78 is 24.4. The van der Waals surface area contributed by atoms with E-state index in [9.17, 15) is 13.2 Å². The molecule has 0 radical (unpaired) electrons. The summed E-state index contributed by atoms with van der Waals surface area (Å²) in [6.07, 6.45) is 0. The summed E-state index contributed by atoms with van der Waals surface area (Å²) in [6.45, 7) is 0. The summed E-state index contributed by atoms with van der Waals surface area (Å²) in [5.41, 5.74) is 0.675. The van der Waals surface area contributed by atoms with Crippen LogP contribution >= 0.6 is 11.3 Å². The highest BCUT2D eigenvalue weighted by Gasteiger charge is 2.23. The molecular weight excluding hydrogens is 312 g/mol. The minimum Gasteiger partial charge on any atom is -0.341 e. The Hall–Kier alpha value is -2.00. The van der Waals surface area contributed by atoms with Crippen LogP contribution in [-0.2, 0) is 15.6 Å². The smallest absolute Gasteiger partial charge is 0.323 e. The third-order valence-corrected chi connectivity index (χ3v) is 5.80. The minimum atomic E-state index is -3.57. The molecule has 0 aliphatic heterocycles. The first kappa shape index (κ1) is 15.4. The zero-order chi connectivity index (χ0) is 15.5. The van der Waals surface area contributed by atoms with Gasteiger partial charge in [-0.1, -0.05) is 41.7 Å².